The number of rotatable bonds is 3. The Morgan fingerprint density at radius 1 is 1.50 bits per heavy atom. The smallest absolute Gasteiger partial charge is 0.154 e. The minimum absolute atomic E-state index is 0.0194. The predicted octanol–water partition coefficient (Wildman–Crippen LogP) is 1.69. The Hall–Kier alpha value is -1.61. The molecule has 1 unspecified atom stereocenters. The summed E-state index contributed by atoms with van der Waals surface area (Å²) in [4.78, 5) is 0. The van der Waals surface area contributed by atoms with Crippen molar-refractivity contribution in [2.24, 2.45) is 0 Å². The van der Waals surface area contributed by atoms with Crippen molar-refractivity contribution in [2.45, 2.75) is 18.1 Å². The predicted molar refractivity (Wildman–Crippen MR) is 66.4 cm³/mol. The molecule has 1 aromatic rings. The van der Waals surface area contributed by atoms with E-state index >= 15 is 0 Å². The van der Waals surface area contributed by atoms with Crippen molar-refractivity contribution in [3.05, 3.63) is 29.6 Å². The highest BCUT2D eigenvalue weighted by Crippen LogP contribution is 2.21. The van der Waals surface area contributed by atoms with Crippen LogP contribution in [0.25, 0.3) is 0 Å². The van der Waals surface area contributed by atoms with Crippen molar-refractivity contribution < 1.29 is 12.8 Å². The third-order valence-corrected chi connectivity index (χ3v) is 5.36. The molecule has 1 fully saturated rings. The van der Waals surface area contributed by atoms with E-state index < -0.39 is 20.9 Å². The summed E-state index contributed by atoms with van der Waals surface area (Å²) < 4.78 is 36.5. The zero-order valence-electron chi connectivity index (χ0n) is 9.69. The molecule has 0 radical (unpaired) electrons. The highest BCUT2D eigenvalue weighted by molar-refractivity contribution is 7.92. The summed E-state index contributed by atoms with van der Waals surface area (Å²) in [6.07, 6.45) is 1.34. The number of nitrogens with one attached hydrogen (secondary N) is 1. The molecule has 6 heteroatoms. The number of hydrogen-bond donors (Lipinski definition) is 1. The first-order valence-electron chi connectivity index (χ1n) is 5.68. The van der Waals surface area contributed by atoms with Gasteiger partial charge in [-0.3, -0.25) is 0 Å². The van der Waals surface area contributed by atoms with Gasteiger partial charge in [0.15, 0.2) is 9.84 Å². The number of hydrogen-bond acceptors (Lipinski definition) is 4. The van der Waals surface area contributed by atoms with E-state index in [1.54, 1.807) is 12.1 Å². The Kier molecular flexibility index (Phi) is 3.53. The van der Waals surface area contributed by atoms with Crippen molar-refractivity contribution >= 4 is 15.5 Å². The van der Waals surface area contributed by atoms with Crippen LogP contribution < -0.4 is 5.32 Å². The first-order chi connectivity index (χ1) is 8.53. The molecule has 1 aliphatic heterocycles. The Bertz CT molecular complexity index is 593. The second-order valence-electron chi connectivity index (χ2n) is 4.32. The minimum Gasteiger partial charge on any atom is -0.384 e. The van der Waals surface area contributed by atoms with Crippen LogP contribution in [0.3, 0.4) is 0 Å². The van der Waals surface area contributed by atoms with Crippen LogP contribution in [0, 0.1) is 17.1 Å². The molecule has 1 heterocycles. The Morgan fingerprint density at radius 3 is 2.83 bits per heavy atom. The molecule has 0 amide bonds. The zero-order chi connectivity index (χ0) is 13.2. The third kappa shape index (κ3) is 2.62. The third-order valence-electron chi connectivity index (χ3n) is 3.09. The maximum atomic E-state index is 13.3. The molecular formula is C12H13FN2O2S. The standard InChI is InChI=1S/C12H13FN2O2S/c13-12-6-10(4-3-9(12)7-14)15-8-11-2-1-5-18(11,16)17/h3-4,6,11,15H,1-2,5,8H2. The number of benzene rings is 1. The lowest BCUT2D eigenvalue weighted by molar-refractivity contribution is 0.591. The highest BCUT2D eigenvalue weighted by atomic mass is 32.2. The monoisotopic (exact) mass is 268 g/mol. The molecule has 0 bridgehead atoms. The molecule has 0 aliphatic carbocycles. The number of sulfone groups is 1. The second-order valence-corrected chi connectivity index (χ2v) is 6.72. The molecular weight excluding hydrogens is 255 g/mol. The fourth-order valence-corrected chi connectivity index (χ4v) is 3.80. The Balaban J connectivity index is 2.03. The summed E-state index contributed by atoms with van der Waals surface area (Å²) in [6.45, 7) is 0.285. The lowest BCUT2D eigenvalue weighted by Crippen LogP contribution is -2.25. The van der Waals surface area contributed by atoms with Gasteiger partial charge in [-0.05, 0) is 31.0 Å². The average Bonchev–Trinajstić information content (AvgIpc) is 2.66. The van der Waals surface area contributed by atoms with Crippen LogP contribution in [0.5, 0.6) is 0 Å². The average molecular weight is 268 g/mol. The maximum absolute atomic E-state index is 13.3. The van der Waals surface area contributed by atoms with Gasteiger partial charge in [0.05, 0.1) is 16.6 Å². The van der Waals surface area contributed by atoms with Crippen molar-refractivity contribution in [2.75, 3.05) is 17.6 Å². The summed E-state index contributed by atoms with van der Waals surface area (Å²) in [5, 5.41) is 11.1. The topological polar surface area (TPSA) is 70.0 Å². The summed E-state index contributed by atoms with van der Waals surface area (Å²) >= 11 is 0. The molecule has 1 N–H and O–H groups in total. The number of anilines is 1. The van der Waals surface area contributed by atoms with Crippen molar-refractivity contribution in [1.29, 1.82) is 5.26 Å². The zero-order valence-corrected chi connectivity index (χ0v) is 10.5. The van der Waals surface area contributed by atoms with Gasteiger partial charge in [-0.25, -0.2) is 12.8 Å². The van der Waals surface area contributed by atoms with E-state index in [-0.39, 0.29) is 17.9 Å². The summed E-state index contributed by atoms with van der Waals surface area (Å²) in [6, 6.07) is 5.89. The largest absolute Gasteiger partial charge is 0.384 e. The number of nitrogens with zero attached hydrogens (tertiary/aromatic N) is 1. The molecule has 1 aliphatic rings. The first kappa shape index (κ1) is 12.8. The number of halogens is 1. The molecule has 2 rings (SSSR count). The van der Waals surface area contributed by atoms with E-state index in [9.17, 15) is 12.8 Å². The van der Waals surface area contributed by atoms with Crippen molar-refractivity contribution in [1.82, 2.24) is 0 Å². The van der Waals surface area contributed by atoms with E-state index in [0.29, 0.717) is 18.5 Å². The number of nitriles is 1. The van der Waals surface area contributed by atoms with Crippen LogP contribution in [0.2, 0.25) is 0 Å². The summed E-state index contributed by atoms with van der Waals surface area (Å²) in [5.41, 5.74) is 0.475. The van der Waals surface area contributed by atoms with Gasteiger partial charge in [0.1, 0.15) is 11.9 Å². The van der Waals surface area contributed by atoms with E-state index in [0.717, 1.165) is 0 Å². The molecule has 0 aromatic heterocycles. The maximum Gasteiger partial charge on any atom is 0.154 e. The molecule has 4 nitrogen and oxygen atoms in total. The lowest BCUT2D eigenvalue weighted by atomic mass is 10.2. The molecule has 1 aromatic carbocycles. The van der Waals surface area contributed by atoms with Gasteiger partial charge < -0.3 is 5.32 Å². The highest BCUT2D eigenvalue weighted by Gasteiger charge is 2.30. The normalized spacial score (nSPS) is 21.4. The van der Waals surface area contributed by atoms with E-state index in [1.807, 2.05) is 0 Å². The van der Waals surface area contributed by atoms with Crippen LogP contribution >= 0.6 is 0 Å². The van der Waals surface area contributed by atoms with Gasteiger partial charge in [-0.1, -0.05) is 0 Å². The minimum atomic E-state index is -2.99. The van der Waals surface area contributed by atoms with Gasteiger partial charge in [0.2, 0.25) is 0 Å². The van der Waals surface area contributed by atoms with Gasteiger partial charge in [0, 0.05) is 12.2 Å². The second kappa shape index (κ2) is 4.94. The summed E-state index contributed by atoms with van der Waals surface area (Å²) in [5.74, 6) is -0.363. The quantitative estimate of drug-likeness (QED) is 0.905. The molecule has 96 valence electrons. The van der Waals surface area contributed by atoms with Crippen molar-refractivity contribution in [3.63, 3.8) is 0 Å². The van der Waals surface area contributed by atoms with E-state index in [2.05, 4.69) is 5.32 Å². The van der Waals surface area contributed by atoms with Crippen LogP contribution in [-0.2, 0) is 9.84 Å². The Labute approximate surface area is 105 Å². The van der Waals surface area contributed by atoms with Gasteiger partial charge in [0.25, 0.3) is 0 Å². The van der Waals surface area contributed by atoms with Gasteiger partial charge in [-0.15, -0.1) is 0 Å². The van der Waals surface area contributed by atoms with E-state index in [1.165, 1.54) is 12.1 Å². The van der Waals surface area contributed by atoms with Crippen molar-refractivity contribution in [3.8, 4) is 6.07 Å². The van der Waals surface area contributed by atoms with Crippen LogP contribution in [-0.4, -0.2) is 26.0 Å². The van der Waals surface area contributed by atoms with Gasteiger partial charge >= 0.3 is 0 Å². The lowest BCUT2D eigenvalue weighted by Gasteiger charge is -2.12. The molecule has 1 saturated heterocycles. The molecule has 0 saturated carbocycles. The fourth-order valence-electron chi connectivity index (χ4n) is 2.03. The van der Waals surface area contributed by atoms with E-state index in [4.69, 9.17) is 5.26 Å². The Morgan fingerprint density at radius 2 is 2.28 bits per heavy atom. The molecule has 1 atom stereocenters. The first-order valence-corrected chi connectivity index (χ1v) is 7.39. The van der Waals surface area contributed by atoms with Gasteiger partial charge in [-0.2, -0.15) is 5.26 Å². The SMILES string of the molecule is N#Cc1ccc(NCC2CCCS2(=O)=O)cc1F. The van der Waals surface area contributed by atoms with Crippen LogP contribution in [0.1, 0.15) is 18.4 Å². The van der Waals surface area contributed by atoms with Crippen LogP contribution in [0.15, 0.2) is 18.2 Å². The fraction of sp³-hybridized carbons (Fsp3) is 0.417. The molecule has 18 heavy (non-hydrogen) atoms. The molecule has 0 spiro atoms. The van der Waals surface area contributed by atoms with Crippen LogP contribution in [0.4, 0.5) is 10.1 Å². The summed E-state index contributed by atoms with van der Waals surface area (Å²) in [7, 11) is -2.99.